The van der Waals surface area contributed by atoms with Crippen molar-refractivity contribution in [1.82, 2.24) is 5.32 Å². The molecule has 0 radical (unpaired) electrons. The number of rotatable bonds is 8. The number of halogens is 2. The molecule has 3 aromatic rings. The molecule has 0 bridgehead atoms. The number of piperidine rings is 1. The lowest BCUT2D eigenvalue weighted by Gasteiger charge is -2.43. The molecule has 0 aromatic heterocycles. The zero-order valence-electron chi connectivity index (χ0n) is 24.2. The van der Waals surface area contributed by atoms with Gasteiger partial charge < -0.3 is 26.0 Å². The number of hydrogen-bond acceptors (Lipinski definition) is 4. The van der Waals surface area contributed by atoms with Crippen molar-refractivity contribution < 1.29 is 9.53 Å². The number of carbonyl (C=O) groups is 1. The maximum atomic E-state index is 13.4. The minimum atomic E-state index is -0.180. The van der Waals surface area contributed by atoms with Crippen LogP contribution in [0.1, 0.15) is 69.1 Å². The highest BCUT2D eigenvalue weighted by molar-refractivity contribution is 5.92. The molecule has 1 fully saturated rings. The summed E-state index contributed by atoms with van der Waals surface area (Å²) in [6, 6.07) is 22.5. The second kappa shape index (κ2) is 14.5. The smallest absolute Gasteiger partial charge is 0.319 e. The monoisotopic (exact) mass is 586 g/mol. The Morgan fingerprint density at radius 3 is 2.02 bits per heavy atom. The van der Waals surface area contributed by atoms with Gasteiger partial charge in [-0.15, -0.1) is 24.8 Å². The third kappa shape index (κ3) is 7.35. The van der Waals surface area contributed by atoms with Gasteiger partial charge in [0, 0.05) is 36.4 Å². The highest BCUT2D eigenvalue weighted by Gasteiger charge is 2.37. The normalized spacial score (nSPS) is 14.2. The summed E-state index contributed by atoms with van der Waals surface area (Å²) in [5.74, 6) is 1.37. The van der Waals surface area contributed by atoms with Gasteiger partial charge in [0.2, 0.25) is 0 Å². The summed E-state index contributed by atoms with van der Waals surface area (Å²) in [5.41, 5.74) is 12.2. The summed E-state index contributed by atoms with van der Waals surface area (Å²) in [7, 11) is 1.72. The van der Waals surface area contributed by atoms with Gasteiger partial charge in [0.1, 0.15) is 5.75 Å². The van der Waals surface area contributed by atoms with Gasteiger partial charge in [-0.25, -0.2) is 4.79 Å². The van der Waals surface area contributed by atoms with Crippen LogP contribution in [0.5, 0.6) is 5.75 Å². The van der Waals surface area contributed by atoms with E-state index in [0.29, 0.717) is 6.54 Å². The predicted molar refractivity (Wildman–Crippen MR) is 173 cm³/mol. The number of nitrogens with zero attached hydrogens (tertiary/aromatic N) is 1. The van der Waals surface area contributed by atoms with Gasteiger partial charge >= 0.3 is 6.03 Å². The Labute approximate surface area is 251 Å². The van der Waals surface area contributed by atoms with Crippen molar-refractivity contribution >= 4 is 47.9 Å². The molecular formula is C32H44Cl2N4O2. The van der Waals surface area contributed by atoms with Gasteiger partial charge in [0.15, 0.2) is 0 Å². The fourth-order valence-electron chi connectivity index (χ4n) is 5.60. The minimum absolute atomic E-state index is 0. The molecule has 40 heavy (non-hydrogen) atoms. The number of hydrogen-bond donors (Lipinski definition) is 3. The number of benzene rings is 3. The maximum Gasteiger partial charge on any atom is 0.319 e. The number of methoxy groups -OCH3 is 1. The first kappa shape index (κ1) is 33.1. The SMILES string of the molecule is COc1ccccc1N1CCC(CNC(=O)Nc2c(C(C)C)cc(N)cc2C(C)C)(c2ccccc2)CC1.Cl.Cl. The quantitative estimate of drug-likeness (QED) is 0.236. The number of para-hydroxylation sites is 2. The van der Waals surface area contributed by atoms with E-state index in [1.807, 2.05) is 30.3 Å². The fraction of sp³-hybridized carbons (Fsp3) is 0.406. The Morgan fingerprint density at radius 1 is 0.925 bits per heavy atom. The van der Waals surface area contributed by atoms with E-state index in [1.165, 1.54) is 5.56 Å². The molecule has 1 aliphatic rings. The third-order valence-electron chi connectivity index (χ3n) is 7.82. The Bertz CT molecular complexity index is 1210. The highest BCUT2D eigenvalue weighted by Crippen LogP contribution is 2.39. The average molecular weight is 588 g/mol. The van der Waals surface area contributed by atoms with Gasteiger partial charge in [-0.05, 0) is 65.6 Å². The van der Waals surface area contributed by atoms with Crippen LogP contribution in [0.2, 0.25) is 0 Å². The molecule has 1 saturated heterocycles. The van der Waals surface area contributed by atoms with Crippen molar-refractivity contribution in [3.05, 3.63) is 83.4 Å². The van der Waals surface area contributed by atoms with Crippen molar-refractivity contribution in [3.8, 4) is 5.75 Å². The molecule has 0 saturated carbocycles. The molecule has 4 rings (SSSR count). The van der Waals surface area contributed by atoms with Crippen molar-refractivity contribution in [2.75, 3.05) is 42.7 Å². The molecule has 0 atom stereocenters. The first-order valence-corrected chi connectivity index (χ1v) is 13.7. The summed E-state index contributed by atoms with van der Waals surface area (Å²) < 4.78 is 5.62. The minimum Gasteiger partial charge on any atom is -0.495 e. The zero-order chi connectivity index (χ0) is 27.3. The molecule has 0 unspecified atom stereocenters. The second-order valence-electron chi connectivity index (χ2n) is 11.0. The van der Waals surface area contributed by atoms with Gasteiger partial charge in [0.05, 0.1) is 12.8 Å². The summed E-state index contributed by atoms with van der Waals surface area (Å²) in [5, 5.41) is 6.43. The van der Waals surface area contributed by atoms with Crippen molar-refractivity contribution in [1.29, 1.82) is 0 Å². The number of nitrogens with two attached hydrogens (primary N) is 1. The molecule has 1 aliphatic heterocycles. The van der Waals surface area contributed by atoms with Gasteiger partial charge in [-0.2, -0.15) is 0 Å². The van der Waals surface area contributed by atoms with E-state index in [1.54, 1.807) is 7.11 Å². The van der Waals surface area contributed by atoms with Gasteiger partial charge in [-0.1, -0.05) is 70.2 Å². The molecule has 1 heterocycles. The molecule has 3 aromatic carbocycles. The average Bonchev–Trinajstić information content (AvgIpc) is 2.93. The molecule has 2 amide bonds. The highest BCUT2D eigenvalue weighted by atomic mass is 35.5. The molecule has 8 heteroatoms. The van der Waals surface area contributed by atoms with Crippen LogP contribution in [0.25, 0.3) is 0 Å². The number of anilines is 3. The van der Waals surface area contributed by atoms with Crippen LogP contribution in [-0.2, 0) is 5.41 Å². The standard InChI is InChI=1S/C32H42N4O2.2ClH/c1-22(2)26-19-25(33)20-27(23(3)4)30(26)35-31(37)34-21-32(24-11-7-6-8-12-24)15-17-36(18-16-32)28-13-9-10-14-29(28)38-5;;/h6-14,19-20,22-23H,15-18,21,33H2,1-5H3,(H2,34,35,37);2*1H. The van der Waals surface area contributed by atoms with E-state index < -0.39 is 0 Å². The number of amides is 2. The Balaban J connectivity index is 0.00000280. The number of ether oxygens (including phenoxy) is 1. The van der Waals surface area contributed by atoms with Crippen LogP contribution >= 0.6 is 24.8 Å². The van der Waals surface area contributed by atoms with Crippen molar-refractivity contribution in [3.63, 3.8) is 0 Å². The number of nitrogens with one attached hydrogen (secondary N) is 2. The van der Waals surface area contributed by atoms with E-state index in [2.05, 4.69) is 79.6 Å². The largest absolute Gasteiger partial charge is 0.495 e. The van der Waals surface area contributed by atoms with Gasteiger partial charge in [-0.3, -0.25) is 0 Å². The zero-order valence-corrected chi connectivity index (χ0v) is 25.8. The first-order chi connectivity index (χ1) is 18.2. The Kier molecular flexibility index (Phi) is 12.0. The lowest BCUT2D eigenvalue weighted by Crippen LogP contribution is -2.49. The van der Waals surface area contributed by atoms with E-state index in [-0.39, 0.29) is 48.1 Å². The second-order valence-corrected chi connectivity index (χ2v) is 11.0. The fourth-order valence-corrected chi connectivity index (χ4v) is 5.60. The molecule has 6 nitrogen and oxygen atoms in total. The van der Waals surface area contributed by atoms with Gasteiger partial charge in [0.25, 0.3) is 0 Å². The Morgan fingerprint density at radius 2 is 1.48 bits per heavy atom. The topological polar surface area (TPSA) is 79.6 Å². The lowest BCUT2D eigenvalue weighted by atomic mass is 9.72. The molecule has 0 spiro atoms. The summed E-state index contributed by atoms with van der Waals surface area (Å²) in [4.78, 5) is 15.7. The summed E-state index contributed by atoms with van der Waals surface area (Å²) >= 11 is 0. The van der Waals surface area contributed by atoms with Crippen LogP contribution < -0.4 is 26.0 Å². The summed E-state index contributed by atoms with van der Waals surface area (Å²) in [6.07, 6.45) is 1.84. The van der Waals surface area contributed by atoms with Crippen LogP contribution in [0, 0.1) is 0 Å². The van der Waals surface area contributed by atoms with E-state index >= 15 is 0 Å². The lowest BCUT2D eigenvalue weighted by molar-refractivity contribution is 0.244. The van der Waals surface area contributed by atoms with E-state index in [4.69, 9.17) is 10.5 Å². The number of carbonyl (C=O) groups excluding carboxylic acids is 1. The van der Waals surface area contributed by atoms with Crippen LogP contribution in [0.4, 0.5) is 21.9 Å². The van der Waals surface area contributed by atoms with E-state index in [9.17, 15) is 4.79 Å². The van der Waals surface area contributed by atoms with E-state index in [0.717, 1.165) is 59.9 Å². The summed E-state index contributed by atoms with van der Waals surface area (Å²) in [6.45, 7) is 10.8. The molecule has 0 aliphatic carbocycles. The molecular weight excluding hydrogens is 543 g/mol. The van der Waals surface area contributed by atoms with Crippen LogP contribution in [0.3, 0.4) is 0 Å². The number of nitrogen functional groups attached to an aromatic ring is 1. The molecule has 218 valence electrons. The maximum absolute atomic E-state index is 13.4. The first-order valence-electron chi connectivity index (χ1n) is 13.7. The number of urea groups is 1. The molecule has 4 N–H and O–H groups in total. The Hall–Kier alpha value is -3.09. The van der Waals surface area contributed by atoms with Crippen LogP contribution in [-0.4, -0.2) is 32.8 Å². The van der Waals surface area contributed by atoms with Crippen molar-refractivity contribution in [2.24, 2.45) is 0 Å². The van der Waals surface area contributed by atoms with Crippen molar-refractivity contribution in [2.45, 2.75) is 57.8 Å². The van der Waals surface area contributed by atoms with Crippen LogP contribution in [0.15, 0.2) is 66.7 Å². The predicted octanol–water partition coefficient (Wildman–Crippen LogP) is 7.73. The third-order valence-corrected chi connectivity index (χ3v) is 7.82.